The summed E-state index contributed by atoms with van der Waals surface area (Å²) in [5, 5.41) is 20.7. The van der Waals surface area contributed by atoms with Gasteiger partial charge < -0.3 is 30.3 Å². The number of nitrogens with two attached hydrogens (primary N) is 1. The van der Waals surface area contributed by atoms with Gasteiger partial charge in [0.25, 0.3) is 0 Å². The minimum atomic E-state index is -4.47. The van der Waals surface area contributed by atoms with E-state index in [-0.39, 0.29) is 56.6 Å². The number of ether oxygens (including phenoxy) is 2. The molecular weight excluding hydrogens is 785 g/mol. The van der Waals surface area contributed by atoms with Crippen LogP contribution < -0.4 is 5.73 Å². The topological polar surface area (TPSA) is 192 Å². The third kappa shape index (κ3) is 30.1. The molecule has 1 saturated carbocycles. The number of phosphoric ester groups is 1. The molecule has 0 spiro atoms. The second-order valence-corrected chi connectivity index (χ2v) is 16.8. The Morgan fingerprint density at radius 3 is 2.00 bits per heavy atom. The number of allylic oxidation sites excluding steroid dienone is 10. The molecule has 0 aromatic heterocycles. The van der Waals surface area contributed by atoms with E-state index in [1.54, 1.807) is 12.2 Å². The summed E-state index contributed by atoms with van der Waals surface area (Å²) >= 11 is 0. The normalized spacial score (nSPS) is 19.5. The van der Waals surface area contributed by atoms with Crippen LogP contribution in [0.1, 0.15) is 149 Å². The van der Waals surface area contributed by atoms with Gasteiger partial charge in [-0.3, -0.25) is 23.4 Å². The van der Waals surface area contributed by atoms with Gasteiger partial charge in [0.15, 0.2) is 6.10 Å². The van der Waals surface area contributed by atoms with Crippen molar-refractivity contribution in [2.24, 2.45) is 17.6 Å². The van der Waals surface area contributed by atoms with Crippen LogP contribution in [0.15, 0.2) is 72.9 Å². The van der Waals surface area contributed by atoms with Gasteiger partial charge >= 0.3 is 19.8 Å². The van der Waals surface area contributed by atoms with Crippen LogP contribution in [0.25, 0.3) is 0 Å². The number of Topliss-reactive ketones (excluding diaryl/α,β-unsaturated/α-hetero) is 1. The van der Waals surface area contributed by atoms with Crippen molar-refractivity contribution >= 4 is 25.5 Å². The summed E-state index contributed by atoms with van der Waals surface area (Å²) < 4.78 is 32.7. The van der Waals surface area contributed by atoms with Crippen molar-refractivity contribution in [3.8, 4) is 0 Å². The second-order valence-electron chi connectivity index (χ2n) is 15.3. The number of ketones is 1. The number of rotatable bonds is 37. The molecule has 0 heterocycles. The molecule has 5 N–H and O–H groups in total. The minimum Gasteiger partial charge on any atom is -0.462 e. The molecule has 60 heavy (non-hydrogen) atoms. The van der Waals surface area contributed by atoms with Crippen LogP contribution in [0.2, 0.25) is 0 Å². The zero-order valence-electron chi connectivity index (χ0n) is 36.6. The molecule has 0 bridgehead atoms. The number of phosphoric acid groups is 1. The molecule has 0 aromatic carbocycles. The molecule has 1 fully saturated rings. The molecule has 1 unspecified atom stereocenters. The molecule has 0 aliphatic heterocycles. The second kappa shape index (κ2) is 36.7. The Balaban J connectivity index is 2.42. The van der Waals surface area contributed by atoms with Crippen molar-refractivity contribution in [3.63, 3.8) is 0 Å². The Hall–Kier alpha value is -2.96. The monoisotopic (exact) mass is 864 g/mol. The first kappa shape index (κ1) is 55.1. The van der Waals surface area contributed by atoms with Crippen LogP contribution in [0.4, 0.5) is 0 Å². The molecule has 1 aliphatic carbocycles. The Kier molecular flexibility index (Phi) is 33.7. The maximum absolute atomic E-state index is 12.7. The van der Waals surface area contributed by atoms with Crippen LogP contribution in [-0.4, -0.2) is 77.5 Å². The number of carbonyl (C=O) groups is 3. The minimum absolute atomic E-state index is 0.00180. The number of esters is 2. The summed E-state index contributed by atoms with van der Waals surface area (Å²) in [4.78, 5) is 47.7. The highest BCUT2D eigenvalue weighted by atomic mass is 31.2. The van der Waals surface area contributed by atoms with Gasteiger partial charge in [-0.1, -0.05) is 138 Å². The Morgan fingerprint density at radius 1 is 0.767 bits per heavy atom. The van der Waals surface area contributed by atoms with Gasteiger partial charge in [-0.25, -0.2) is 4.57 Å². The fourth-order valence-corrected chi connectivity index (χ4v) is 7.34. The lowest BCUT2D eigenvalue weighted by atomic mass is 9.88. The van der Waals surface area contributed by atoms with E-state index in [0.29, 0.717) is 32.1 Å². The molecule has 0 saturated heterocycles. The largest absolute Gasteiger partial charge is 0.472 e. The lowest BCUT2D eigenvalue weighted by molar-refractivity contribution is -0.161. The van der Waals surface area contributed by atoms with Gasteiger partial charge in [0.05, 0.1) is 25.4 Å². The molecule has 1 aliphatic rings. The number of aliphatic hydroxyl groups is 2. The van der Waals surface area contributed by atoms with Crippen LogP contribution in [-0.2, 0) is 37.5 Å². The van der Waals surface area contributed by atoms with Gasteiger partial charge in [-0.05, 0) is 64.2 Å². The summed E-state index contributed by atoms with van der Waals surface area (Å²) in [6.07, 6.45) is 38.5. The summed E-state index contributed by atoms with van der Waals surface area (Å²) in [5.41, 5.74) is 5.34. The summed E-state index contributed by atoms with van der Waals surface area (Å²) in [5.74, 6) is -1.67. The molecule has 12 nitrogen and oxygen atoms in total. The molecule has 6 atom stereocenters. The summed E-state index contributed by atoms with van der Waals surface area (Å²) in [7, 11) is -4.47. The van der Waals surface area contributed by atoms with Crippen molar-refractivity contribution in [3.05, 3.63) is 72.9 Å². The zero-order chi connectivity index (χ0) is 44.1. The van der Waals surface area contributed by atoms with Gasteiger partial charge in [0, 0.05) is 37.6 Å². The molecule has 1 rings (SSSR count). The van der Waals surface area contributed by atoms with Crippen LogP contribution in [0.5, 0.6) is 0 Å². The Bertz CT molecular complexity index is 1370. The number of carbonyl (C=O) groups excluding carboxylic acids is 3. The van der Waals surface area contributed by atoms with E-state index in [0.717, 1.165) is 57.8 Å². The molecule has 0 amide bonds. The zero-order valence-corrected chi connectivity index (χ0v) is 37.5. The van der Waals surface area contributed by atoms with Crippen molar-refractivity contribution in [2.75, 3.05) is 26.4 Å². The van der Waals surface area contributed by atoms with E-state index < -0.39 is 44.7 Å². The third-order valence-corrected chi connectivity index (χ3v) is 11.0. The number of hydrogen-bond donors (Lipinski definition) is 4. The third-order valence-electron chi connectivity index (χ3n) is 9.97. The fourth-order valence-electron chi connectivity index (χ4n) is 6.57. The maximum Gasteiger partial charge on any atom is 0.472 e. The predicted octanol–water partition coefficient (Wildman–Crippen LogP) is 9.64. The number of hydrogen-bond acceptors (Lipinski definition) is 11. The smallest absolute Gasteiger partial charge is 0.462 e. The molecule has 0 radical (unpaired) electrons. The first-order valence-corrected chi connectivity index (χ1v) is 24.0. The molecule has 0 aromatic rings. The van der Waals surface area contributed by atoms with E-state index in [9.17, 15) is 34.1 Å². The fraction of sp³-hybridized carbons (Fsp3) is 0.681. The molecular formula is C47H78NO11P. The maximum atomic E-state index is 12.7. The van der Waals surface area contributed by atoms with E-state index in [4.69, 9.17) is 24.3 Å². The first-order chi connectivity index (χ1) is 29.0. The molecule has 342 valence electrons. The van der Waals surface area contributed by atoms with Crippen LogP contribution >= 0.6 is 7.82 Å². The SMILES string of the molecule is CCCCC/C=C\C/C=C\C/C=C\C/C=C\C/C=C\CCC(=O)OC[C@H](COP(=O)(O)OCCN)OC(=O)CCCCCC[C@H]1C(=O)C[C@@H](O)[C@@H]1/C=C/[C@@H](O)CCCCC. The van der Waals surface area contributed by atoms with Gasteiger partial charge in [-0.2, -0.15) is 0 Å². The van der Waals surface area contributed by atoms with Crippen LogP contribution in [0, 0.1) is 11.8 Å². The highest BCUT2D eigenvalue weighted by Crippen LogP contribution is 2.43. The quantitative estimate of drug-likeness (QED) is 0.0200. The lowest BCUT2D eigenvalue weighted by Gasteiger charge is -2.20. The highest BCUT2D eigenvalue weighted by Gasteiger charge is 2.39. The van der Waals surface area contributed by atoms with E-state index in [1.807, 2.05) is 12.2 Å². The lowest BCUT2D eigenvalue weighted by Crippen LogP contribution is -2.29. The standard InChI is InChI=1S/C47H78NO11P/c1-3-5-7-8-9-10-11-12-13-14-15-16-17-18-19-20-21-22-27-31-46(52)56-38-41(39-58-60(54,55)57-36-35-48)59-47(53)32-28-24-23-26-30-42-43(45(51)37-44(42)50)34-33-40(49)29-25-6-4-2/h9-10,12-13,15-16,18-19,21-22,33-34,40-43,45,49,51H,3-8,11,14,17,20,23-32,35-39,48H2,1-2H3,(H,54,55)/b10-9-,13-12-,16-15-,19-18-,22-21-,34-33+/t40-,41+,42+,43+,45+/m0/s1. The average molecular weight is 864 g/mol. The van der Waals surface area contributed by atoms with E-state index in [2.05, 4.69) is 62.5 Å². The Labute approximate surface area is 361 Å². The summed E-state index contributed by atoms with van der Waals surface area (Å²) in [6, 6.07) is 0. The van der Waals surface area contributed by atoms with E-state index in [1.165, 1.54) is 25.7 Å². The average Bonchev–Trinajstić information content (AvgIpc) is 3.49. The van der Waals surface area contributed by atoms with Gasteiger partial charge in [-0.15, -0.1) is 0 Å². The van der Waals surface area contributed by atoms with Crippen molar-refractivity contribution < 1.29 is 52.6 Å². The molecule has 13 heteroatoms. The van der Waals surface area contributed by atoms with Crippen molar-refractivity contribution in [1.29, 1.82) is 0 Å². The van der Waals surface area contributed by atoms with E-state index >= 15 is 0 Å². The summed E-state index contributed by atoms with van der Waals surface area (Å²) in [6.45, 7) is 3.22. The predicted molar refractivity (Wildman–Crippen MR) is 239 cm³/mol. The number of unbranched alkanes of at least 4 members (excludes halogenated alkanes) is 8. The number of aliphatic hydroxyl groups excluding tert-OH is 2. The van der Waals surface area contributed by atoms with Crippen molar-refractivity contribution in [2.45, 2.75) is 167 Å². The Morgan fingerprint density at radius 2 is 1.37 bits per heavy atom. The van der Waals surface area contributed by atoms with Gasteiger partial charge in [0.2, 0.25) is 0 Å². The van der Waals surface area contributed by atoms with Gasteiger partial charge in [0.1, 0.15) is 12.4 Å². The van der Waals surface area contributed by atoms with Crippen molar-refractivity contribution in [1.82, 2.24) is 0 Å². The first-order valence-electron chi connectivity index (χ1n) is 22.5. The highest BCUT2D eigenvalue weighted by molar-refractivity contribution is 7.47. The van der Waals surface area contributed by atoms with Crippen LogP contribution in [0.3, 0.4) is 0 Å².